The van der Waals surface area contributed by atoms with Crippen LogP contribution in [-0.2, 0) is 17.7 Å². The molecule has 1 aliphatic heterocycles. The van der Waals surface area contributed by atoms with E-state index in [1.165, 1.54) is 36.8 Å². The lowest BCUT2D eigenvalue weighted by Gasteiger charge is -2.36. The lowest BCUT2D eigenvalue weighted by atomic mass is 9.88. The molecular formula is C21H29N3O2. The molecular weight excluding hydrogens is 326 g/mol. The van der Waals surface area contributed by atoms with Gasteiger partial charge in [0.05, 0.1) is 18.8 Å². The number of fused-ring (bicyclic) bond motifs is 1. The Hall–Kier alpha value is -1.72. The van der Waals surface area contributed by atoms with Crippen LogP contribution in [0.25, 0.3) is 0 Å². The normalized spacial score (nSPS) is 26.6. The van der Waals surface area contributed by atoms with E-state index in [-0.39, 0.29) is 6.04 Å². The summed E-state index contributed by atoms with van der Waals surface area (Å²) in [6, 6.07) is 8.80. The van der Waals surface area contributed by atoms with Gasteiger partial charge in [0.15, 0.2) is 0 Å². The fourth-order valence-electron chi connectivity index (χ4n) is 4.35. The molecule has 1 aromatic carbocycles. The number of aryl methyl sites for hydroxylation is 1. The smallest absolute Gasteiger partial charge is 0.233 e. The van der Waals surface area contributed by atoms with Crippen molar-refractivity contribution in [3.8, 4) is 0 Å². The van der Waals surface area contributed by atoms with Gasteiger partial charge in [-0.25, -0.2) is 0 Å². The lowest BCUT2D eigenvalue weighted by molar-refractivity contribution is -0.0216. The molecule has 2 aliphatic rings. The molecule has 4 rings (SSSR count). The van der Waals surface area contributed by atoms with Crippen LogP contribution in [0.15, 0.2) is 28.7 Å². The van der Waals surface area contributed by atoms with Crippen molar-refractivity contribution in [2.45, 2.75) is 64.6 Å². The Labute approximate surface area is 155 Å². The summed E-state index contributed by atoms with van der Waals surface area (Å²) in [5.74, 6) is 2.04. The van der Waals surface area contributed by atoms with E-state index in [4.69, 9.17) is 9.15 Å². The number of rotatable bonds is 5. The first-order valence-electron chi connectivity index (χ1n) is 9.93. The topological polar surface area (TPSA) is 51.4 Å². The second-order valence-corrected chi connectivity index (χ2v) is 7.79. The van der Waals surface area contributed by atoms with Gasteiger partial charge in [0.2, 0.25) is 11.8 Å². The Kier molecular flexibility index (Phi) is 5.36. The minimum Gasteiger partial charge on any atom is -0.424 e. The van der Waals surface area contributed by atoms with Gasteiger partial charge in [-0.3, -0.25) is 4.90 Å². The van der Waals surface area contributed by atoms with Gasteiger partial charge in [0.1, 0.15) is 0 Å². The highest BCUT2D eigenvalue weighted by atomic mass is 16.5. The quantitative estimate of drug-likeness (QED) is 0.809. The van der Waals surface area contributed by atoms with E-state index in [0.29, 0.717) is 17.9 Å². The van der Waals surface area contributed by atoms with Crippen LogP contribution in [0.5, 0.6) is 0 Å². The standard InChI is InChI=1S/C21H29N3O2/c1-15-7-3-6-10-20(15)25-12-11-24-14-18-9-5-4-8-17(18)13-19(24)21-23-22-16(2)26-21/h4-5,8-9,15,19-20H,3,6-7,10-14H2,1-2H3. The Morgan fingerprint density at radius 2 is 1.96 bits per heavy atom. The van der Waals surface area contributed by atoms with Crippen molar-refractivity contribution in [1.29, 1.82) is 0 Å². The molecule has 0 N–H and O–H groups in total. The lowest BCUT2D eigenvalue weighted by Crippen LogP contribution is -2.38. The van der Waals surface area contributed by atoms with Crippen LogP contribution in [0.3, 0.4) is 0 Å². The summed E-state index contributed by atoms with van der Waals surface area (Å²) >= 11 is 0. The third kappa shape index (κ3) is 3.84. The predicted molar refractivity (Wildman–Crippen MR) is 99.7 cm³/mol. The molecule has 0 saturated heterocycles. The van der Waals surface area contributed by atoms with Crippen molar-refractivity contribution in [3.05, 3.63) is 47.2 Å². The van der Waals surface area contributed by atoms with Crippen LogP contribution in [-0.4, -0.2) is 34.4 Å². The molecule has 0 amide bonds. The summed E-state index contributed by atoms with van der Waals surface area (Å²) in [5, 5.41) is 8.34. The molecule has 140 valence electrons. The number of hydrogen-bond acceptors (Lipinski definition) is 5. The second-order valence-electron chi connectivity index (χ2n) is 7.79. The van der Waals surface area contributed by atoms with Crippen LogP contribution in [0.2, 0.25) is 0 Å². The van der Waals surface area contributed by atoms with Gasteiger partial charge in [-0.1, -0.05) is 44.0 Å². The predicted octanol–water partition coefficient (Wildman–Crippen LogP) is 4.07. The van der Waals surface area contributed by atoms with Crippen molar-refractivity contribution in [1.82, 2.24) is 15.1 Å². The van der Waals surface area contributed by atoms with Crippen LogP contribution in [0.4, 0.5) is 0 Å². The molecule has 1 aromatic heterocycles. The Bertz CT molecular complexity index is 730. The highest BCUT2D eigenvalue weighted by Crippen LogP contribution is 2.33. The molecule has 3 atom stereocenters. The highest BCUT2D eigenvalue weighted by molar-refractivity contribution is 5.30. The van der Waals surface area contributed by atoms with Gasteiger partial charge >= 0.3 is 0 Å². The zero-order valence-electron chi connectivity index (χ0n) is 15.9. The average Bonchev–Trinajstić information content (AvgIpc) is 3.09. The SMILES string of the molecule is Cc1nnc(C2Cc3ccccc3CN2CCOC2CCCCC2C)o1. The van der Waals surface area contributed by atoms with E-state index in [2.05, 4.69) is 46.3 Å². The molecule has 2 aromatic rings. The maximum atomic E-state index is 6.27. The number of aromatic nitrogens is 2. The average molecular weight is 355 g/mol. The zero-order valence-corrected chi connectivity index (χ0v) is 15.9. The number of hydrogen-bond donors (Lipinski definition) is 0. The molecule has 5 heteroatoms. The van der Waals surface area contributed by atoms with E-state index in [1.54, 1.807) is 0 Å². The van der Waals surface area contributed by atoms with Crippen molar-refractivity contribution in [2.75, 3.05) is 13.2 Å². The Balaban J connectivity index is 1.45. The summed E-state index contributed by atoms with van der Waals surface area (Å²) in [6.45, 7) is 6.74. The van der Waals surface area contributed by atoms with Crippen molar-refractivity contribution in [2.24, 2.45) is 5.92 Å². The van der Waals surface area contributed by atoms with E-state index < -0.39 is 0 Å². The molecule has 26 heavy (non-hydrogen) atoms. The first-order valence-corrected chi connectivity index (χ1v) is 9.93. The molecule has 2 heterocycles. The fraction of sp³-hybridized carbons (Fsp3) is 0.619. The monoisotopic (exact) mass is 355 g/mol. The van der Waals surface area contributed by atoms with Gasteiger partial charge < -0.3 is 9.15 Å². The van der Waals surface area contributed by atoms with Crippen LogP contribution in [0.1, 0.15) is 61.6 Å². The number of benzene rings is 1. The summed E-state index contributed by atoms with van der Waals surface area (Å²) in [4.78, 5) is 2.43. The first-order chi connectivity index (χ1) is 12.7. The van der Waals surface area contributed by atoms with Gasteiger partial charge in [-0.2, -0.15) is 0 Å². The maximum Gasteiger partial charge on any atom is 0.233 e. The maximum absolute atomic E-state index is 6.27. The fourth-order valence-corrected chi connectivity index (χ4v) is 4.35. The molecule has 0 bridgehead atoms. The number of nitrogens with zero attached hydrogens (tertiary/aromatic N) is 3. The Morgan fingerprint density at radius 3 is 2.73 bits per heavy atom. The third-order valence-electron chi connectivity index (χ3n) is 5.92. The Morgan fingerprint density at radius 1 is 1.15 bits per heavy atom. The molecule has 0 spiro atoms. The first kappa shape index (κ1) is 17.7. The molecule has 1 fully saturated rings. The molecule has 1 aliphatic carbocycles. The zero-order chi connectivity index (χ0) is 17.9. The van der Waals surface area contributed by atoms with Gasteiger partial charge in [0.25, 0.3) is 0 Å². The third-order valence-corrected chi connectivity index (χ3v) is 5.92. The summed E-state index contributed by atoms with van der Waals surface area (Å²) in [5.41, 5.74) is 2.78. The summed E-state index contributed by atoms with van der Waals surface area (Å²) in [6.07, 6.45) is 6.49. The van der Waals surface area contributed by atoms with Crippen LogP contribution < -0.4 is 0 Å². The molecule has 1 saturated carbocycles. The summed E-state index contributed by atoms with van der Waals surface area (Å²) in [7, 11) is 0. The van der Waals surface area contributed by atoms with Crippen molar-refractivity contribution in [3.63, 3.8) is 0 Å². The van der Waals surface area contributed by atoms with E-state index in [1.807, 2.05) is 6.92 Å². The number of ether oxygens (including phenoxy) is 1. The minimum absolute atomic E-state index is 0.137. The van der Waals surface area contributed by atoms with Crippen molar-refractivity contribution < 1.29 is 9.15 Å². The molecule has 0 radical (unpaired) electrons. The minimum atomic E-state index is 0.137. The van der Waals surface area contributed by atoms with E-state index in [9.17, 15) is 0 Å². The largest absolute Gasteiger partial charge is 0.424 e. The molecule has 3 unspecified atom stereocenters. The highest BCUT2D eigenvalue weighted by Gasteiger charge is 2.31. The van der Waals surface area contributed by atoms with Gasteiger partial charge in [-0.05, 0) is 36.3 Å². The van der Waals surface area contributed by atoms with E-state index >= 15 is 0 Å². The summed E-state index contributed by atoms with van der Waals surface area (Å²) < 4.78 is 12.0. The second kappa shape index (κ2) is 7.89. The van der Waals surface area contributed by atoms with E-state index in [0.717, 1.165) is 32.0 Å². The molecule has 5 nitrogen and oxygen atoms in total. The van der Waals surface area contributed by atoms with Gasteiger partial charge in [0, 0.05) is 20.0 Å². The van der Waals surface area contributed by atoms with Crippen molar-refractivity contribution >= 4 is 0 Å². The van der Waals surface area contributed by atoms with Gasteiger partial charge in [-0.15, -0.1) is 10.2 Å². The van der Waals surface area contributed by atoms with Crippen LogP contribution in [0, 0.1) is 12.8 Å². The van der Waals surface area contributed by atoms with Crippen LogP contribution >= 0.6 is 0 Å².